The second kappa shape index (κ2) is 7.78. The number of hydrogen-bond donors (Lipinski definition) is 0. The summed E-state index contributed by atoms with van der Waals surface area (Å²) in [4.78, 5) is 0. The van der Waals surface area contributed by atoms with Gasteiger partial charge in [0.2, 0.25) is 0 Å². The van der Waals surface area contributed by atoms with Crippen LogP contribution in [-0.4, -0.2) is 0 Å². The topological polar surface area (TPSA) is 0 Å². The van der Waals surface area contributed by atoms with Crippen LogP contribution < -0.4 is 0 Å². The van der Waals surface area contributed by atoms with Crippen molar-refractivity contribution in [3.63, 3.8) is 0 Å². The molecular formula is C19H26. The Hall–Kier alpha value is -1.56. The minimum absolute atomic E-state index is 0.565. The van der Waals surface area contributed by atoms with Crippen LogP contribution in [0.2, 0.25) is 0 Å². The molecule has 0 aliphatic heterocycles. The molecule has 0 N–H and O–H groups in total. The smallest absolute Gasteiger partial charge is 0.000580 e. The van der Waals surface area contributed by atoms with E-state index in [1.165, 1.54) is 16.7 Å². The van der Waals surface area contributed by atoms with Crippen molar-refractivity contribution < 1.29 is 0 Å². The summed E-state index contributed by atoms with van der Waals surface area (Å²) in [5.41, 5.74) is 4.24. The van der Waals surface area contributed by atoms with E-state index in [2.05, 4.69) is 70.7 Å². The standard InChI is InChI=1S/C19H26/c1-6-8-9-11-16(4)18-12-10-13-19(15(3)7-2)17(5)14-18/h6-13,17,19H,1,14H2,2-5H3/b9-8-,15-7+,16-11+. The molecule has 0 radical (unpaired) electrons. The molecule has 0 amide bonds. The summed E-state index contributed by atoms with van der Waals surface area (Å²) in [6.45, 7) is 12.6. The van der Waals surface area contributed by atoms with Gasteiger partial charge in [-0.25, -0.2) is 0 Å². The van der Waals surface area contributed by atoms with Crippen molar-refractivity contribution in [3.05, 3.63) is 71.9 Å². The fraction of sp³-hybridized carbons (Fsp3) is 0.368. The molecule has 1 aliphatic carbocycles. The lowest BCUT2D eigenvalue weighted by Crippen LogP contribution is -2.10. The molecule has 0 bridgehead atoms. The Labute approximate surface area is 118 Å². The van der Waals surface area contributed by atoms with Crippen LogP contribution in [-0.2, 0) is 0 Å². The first-order valence-corrected chi connectivity index (χ1v) is 7.06. The van der Waals surface area contributed by atoms with Gasteiger partial charge < -0.3 is 0 Å². The van der Waals surface area contributed by atoms with E-state index < -0.39 is 0 Å². The van der Waals surface area contributed by atoms with Crippen molar-refractivity contribution in [1.82, 2.24) is 0 Å². The van der Waals surface area contributed by atoms with E-state index in [-0.39, 0.29) is 0 Å². The Morgan fingerprint density at radius 1 is 1.32 bits per heavy atom. The molecule has 2 atom stereocenters. The Balaban J connectivity index is 2.85. The van der Waals surface area contributed by atoms with Gasteiger partial charge in [0, 0.05) is 5.92 Å². The number of allylic oxidation sites excluding steroid dienone is 11. The summed E-state index contributed by atoms with van der Waals surface area (Å²) in [6, 6.07) is 0. The van der Waals surface area contributed by atoms with Gasteiger partial charge in [-0.05, 0) is 44.3 Å². The molecule has 0 nitrogen and oxygen atoms in total. The summed E-state index contributed by atoms with van der Waals surface area (Å²) < 4.78 is 0. The van der Waals surface area contributed by atoms with E-state index in [0.717, 1.165) is 6.42 Å². The first kappa shape index (κ1) is 15.5. The highest BCUT2D eigenvalue weighted by molar-refractivity contribution is 5.37. The molecule has 0 saturated heterocycles. The average Bonchev–Trinajstić information content (AvgIpc) is 2.60. The lowest BCUT2D eigenvalue weighted by atomic mass is 9.83. The lowest BCUT2D eigenvalue weighted by molar-refractivity contribution is 0.480. The summed E-state index contributed by atoms with van der Waals surface area (Å²) in [6.07, 6.45) is 18.1. The van der Waals surface area contributed by atoms with E-state index in [1.807, 2.05) is 6.08 Å². The molecule has 0 aromatic rings. The predicted octanol–water partition coefficient (Wildman–Crippen LogP) is 5.78. The average molecular weight is 254 g/mol. The van der Waals surface area contributed by atoms with Crippen LogP contribution >= 0.6 is 0 Å². The second-order valence-corrected chi connectivity index (χ2v) is 5.29. The van der Waals surface area contributed by atoms with Crippen molar-refractivity contribution in [2.45, 2.75) is 34.1 Å². The van der Waals surface area contributed by atoms with Crippen molar-refractivity contribution in [2.75, 3.05) is 0 Å². The second-order valence-electron chi connectivity index (χ2n) is 5.29. The predicted molar refractivity (Wildman–Crippen MR) is 87.0 cm³/mol. The van der Waals surface area contributed by atoms with E-state index >= 15 is 0 Å². The summed E-state index contributed by atoms with van der Waals surface area (Å²) in [5.74, 6) is 1.21. The Kier molecular flexibility index (Phi) is 6.35. The van der Waals surface area contributed by atoms with Gasteiger partial charge in [0.05, 0.1) is 0 Å². The van der Waals surface area contributed by atoms with Crippen LogP contribution in [0.1, 0.15) is 34.1 Å². The molecule has 0 saturated carbocycles. The zero-order chi connectivity index (χ0) is 14.3. The van der Waals surface area contributed by atoms with Gasteiger partial charge in [-0.3, -0.25) is 0 Å². The largest absolute Gasteiger partial charge is 0.0991 e. The SMILES string of the molecule is C=C/C=C\C=C(/C)C1=CC=CC(/C(C)=C/C)C(C)C1. The van der Waals surface area contributed by atoms with Crippen LogP contribution in [0.25, 0.3) is 0 Å². The number of rotatable bonds is 4. The maximum Gasteiger partial charge on any atom is 0.000580 e. The Bertz CT molecular complexity index is 452. The molecule has 1 rings (SSSR count). The van der Waals surface area contributed by atoms with Crippen molar-refractivity contribution in [2.24, 2.45) is 11.8 Å². The van der Waals surface area contributed by atoms with Gasteiger partial charge in [0.25, 0.3) is 0 Å². The highest BCUT2D eigenvalue weighted by atomic mass is 14.2. The summed E-state index contributed by atoms with van der Waals surface area (Å²) in [5, 5.41) is 0. The summed E-state index contributed by atoms with van der Waals surface area (Å²) in [7, 11) is 0. The molecule has 2 unspecified atom stereocenters. The molecule has 0 aromatic carbocycles. The normalized spacial score (nSPS) is 25.4. The monoisotopic (exact) mass is 254 g/mol. The van der Waals surface area contributed by atoms with Crippen molar-refractivity contribution >= 4 is 0 Å². The quantitative estimate of drug-likeness (QED) is 0.440. The van der Waals surface area contributed by atoms with Crippen LogP contribution in [0.4, 0.5) is 0 Å². The van der Waals surface area contributed by atoms with Gasteiger partial charge in [-0.15, -0.1) is 0 Å². The van der Waals surface area contributed by atoms with Crippen LogP contribution in [0.5, 0.6) is 0 Å². The van der Waals surface area contributed by atoms with Gasteiger partial charge in [0.15, 0.2) is 0 Å². The molecule has 0 fully saturated rings. The van der Waals surface area contributed by atoms with Gasteiger partial charge in [-0.2, -0.15) is 0 Å². The van der Waals surface area contributed by atoms with E-state index in [1.54, 1.807) is 6.08 Å². The number of hydrogen-bond acceptors (Lipinski definition) is 0. The third-order valence-corrected chi connectivity index (χ3v) is 3.85. The lowest BCUT2D eigenvalue weighted by Gasteiger charge is -2.21. The fourth-order valence-corrected chi connectivity index (χ4v) is 2.49. The van der Waals surface area contributed by atoms with Gasteiger partial charge >= 0.3 is 0 Å². The maximum absolute atomic E-state index is 3.69. The highest BCUT2D eigenvalue weighted by Crippen LogP contribution is 2.32. The molecule has 19 heavy (non-hydrogen) atoms. The molecule has 1 aliphatic rings. The maximum atomic E-state index is 3.69. The van der Waals surface area contributed by atoms with Gasteiger partial charge in [-0.1, -0.05) is 67.7 Å². The molecule has 102 valence electrons. The Morgan fingerprint density at radius 3 is 2.68 bits per heavy atom. The molecular weight excluding hydrogens is 228 g/mol. The zero-order valence-electron chi connectivity index (χ0n) is 12.7. The van der Waals surface area contributed by atoms with Crippen molar-refractivity contribution in [3.8, 4) is 0 Å². The molecule has 0 heteroatoms. The Morgan fingerprint density at radius 2 is 2.05 bits per heavy atom. The minimum Gasteiger partial charge on any atom is -0.0991 e. The van der Waals surface area contributed by atoms with E-state index in [9.17, 15) is 0 Å². The van der Waals surface area contributed by atoms with Crippen LogP contribution in [0.3, 0.4) is 0 Å². The highest BCUT2D eigenvalue weighted by Gasteiger charge is 2.19. The summed E-state index contributed by atoms with van der Waals surface area (Å²) >= 11 is 0. The van der Waals surface area contributed by atoms with E-state index in [0.29, 0.717) is 11.8 Å². The molecule has 0 aromatic heterocycles. The van der Waals surface area contributed by atoms with E-state index in [4.69, 9.17) is 0 Å². The van der Waals surface area contributed by atoms with Crippen molar-refractivity contribution in [1.29, 1.82) is 0 Å². The first-order chi connectivity index (χ1) is 9.10. The fourth-order valence-electron chi connectivity index (χ4n) is 2.49. The molecule has 0 spiro atoms. The van der Waals surface area contributed by atoms with Crippen LogP contribution in [0.15, 0.2) is 71.9 Å². The zero-order valence-corrected chi connectivity index (χ0v) is 12.7. The first-order valence-electron chi connectivity index (χ1n) is 7.06. The third kappa shape index (κ3) is 4.55. The van der Waals surface area contributed by atoms with Crippen LogP contribution in [0, 0.1) is 11.8 Å². The third-order valence-electron chi connectivity index (χ3n) is 3.85. The minimum atomic E-state index is 0.565. The molecule has 0 heterocycles. The van der Waals surface area contributed by atoms with Gasteiger partial charge in [0.1, 0.15) is 0 Å².